The van der Waals surface area contributed by atoms with Gasteiger partial charge in [-0.15, -0.1) is 0 Å². The number of carbonyl (C=O) groups is 1. The molecular formula is C14H19N3O4. The van der Waals surface area contributed by atoms with Crippen LogP contribution in [0.3, 0.4) is 0 Å². The highest BCUT2D eigenvalue weighted by Gasteiger charge is 2.33. The number of methoxy groups -OCH3 is 1. The summed E-state index contributed by atoms with van der Waals surface area (Å²) in [6.45, 7) is 1.85. The van der Waals surface area contributed by atoms with Crippen LogP contribution < -0.4 is 10.6 Å². The topological polar surface area (TPSA) is 93.5 Å². The molecule has 7 nitrogen and oxygen atoms in total. The van der Waals surface area contributed by atoms with Crippen molar-refractivity contribution in [1.29, 1.82) is 0 Å². The molecule has 1 aliphatic rings. The lowest BCUT2D eigenvalue weighted by atomic mass is 9.98. The molecule has 1 aromatic rings. The molecule has 2 N–H and O–H groups in total. The van der Waals surface area contributed by atoms with E-state index in [2.05, 4.69) is 10.6 Å². The summed E-state index contributed by atoms with van der Waals surface area (Å²) in [4.78, 5) is 22.3. The molecule has 0 radical (unpaired) electrons. The summed E-state index contributed by atoms with van der Waals surface area (Å²) < 4.78 is 5.21. The predicted octanol–water partition coefficient (Wildman–Crippen LogP) is 1.09. The Balaban J connectivity index is 2.01. The second-order valence-electron chi connectivity index (χ2n) is 5.23. The normalized spacial score (nSPS) is 21.2. The van der Waals surface area contributed by atoms with E-state index in [0.717, 1.165) is 19.4 Å². The Labute approximate surface area is 122 Å². The Hall–Kier alpha value is -1.99. The van der Waals surface area contributed by atoms with E-state index >= 15 is 0 Å². The number of non-ortho nitro benzene ring substituents is 1. The van der Waals surface area contributed by atoms with Gasteiger partial charge in [-0.25, -0.2) is 0 Å². The van der Waals surface area contributed by atoms with Gasteiger partial charge in [-0.3, -0.25) is 14.9 Å². The van der Waals surface area contributed by atoms with Crippen LogP contribution in [0.1, 0.15) is 23.2 Å². The van der Waals surface area contributed by atoms with Crippen molar-refractivity contribution in [2.24, 2.45) is 0 Å². The van der Waals surface area contributed by atoms with Crippen LogP contribution in [0.5, 0.6) is 0 Å². The summed E-state index contributed by atoms with van der Waals surface area (Å²) in [6, 6.07) is 5.71. The van der Waals surface area contributed by atoms with Crippen molar-refractivity contribution in [1.82, 2.24) is 10.6 Å². The number of nitrogens with one attached hydrogen (secondary N) is 2. The van der Waals surface area contributed by atoms with Crippen LogP contribution in [0, 0.1) is 10.1 Å². The van der Waals surface area contributed by atoms with Crippen LogP contribution in [-0.2, 0) is 4.74 Å². The first kappa shape index (κ1) is 15.4. The molecule has 21 heavy (non-hydrogen) atoms. The smallest absolute Gasteiger partial charge is 0.270 e. The molecule has 0 spiro atoms. The number of carbonyl (C=O) groups excluding carboxylic acids is 1. The van der Waals surface area contributed by atoms with Crippen molar-refractivity contribution in [2.45, 2.75) is 18.4 Å². The van der Waals surface area contributed by atoms with E-state index in [1.54, 1.807) is 13.2 Å². The summed E-state index contributed by atoms with van der Waals surface area (Å²) in [5, 5.41) is 16.9. The van der Waals surface area contributed by atoms with Crippen molar-refractivity contribution in [3.8, 4) is 0 Å². The minimum atomic E-state index is -0.512. The van der Waals surface area contributed by atoms with E-state index in [-0.39, 0.29) is 22.7 Å². The van der Waals surface area contributed by atoms with E-state index in [1.807, 2.05) is 0 Å². The van der Waals surface area contributed by atoms with Gasteiger partial charge in [-0.1, -0.05) is 6.07 Å². The zero-order chi connectivity index (χ0) is 15.3. The largest absolute Gasteiger partial charge is 0.383 e. The van der Waals surface area contributed by atoms with Gasteiger partial charge in [0.05, 0.1) is 17.1 Å². The number of nitro groups is 1. The van der Waals surface area contributed by atoms with Crippen LogP contribution in [0.15, 0.2) is 24.3 Å². The maximum Gasteiger partial charge on any atom is 0.270 e. The Bertz CT molecular complexity index is 527. The molecule has 2 rings (SSSR count). The minimum absolute atomic E-state index is 0.0896. The Kier molecular flexibility index (Phi) is 4.87. The molecule has 1 heterocycles. The summed E-state index contributed by atoms with van der Waals surface area (Å²) in [6.07, 6.45) is 1.96. The van der Waals surface area contributed by atoms with Gasteiger partial charge in [-0.2, -0.15) is 0 Å². The lowest BCUT2D eigenvalue weighted by Crippen LogP contribution is -2.53. The summed E-state index contributed by atoms with van der Waals surface area (Å²) in [7, 11) is 1.63. The molecule has 1 amide bonds. The molecule has 0 aliphatic carbocycles. The molecule has 1 fully saturated rings. The first-order valence-corrected chi connectivity index (χ1v) is 6.83. The zero-order valence-electron chi connectivity index (χ0n) is 11.9. The molecule has 0 bridgehead atoms. The maximum absolute atomic E-state index is 12.1. The van der Waals surface area contributed by atoms with E-state index in [0.29, 0.717) is 13.2 Å². The number of nitro benzene ring substituents is 1. The van der Waals surface area contributed by atoms with Crippen molar-refractivity contribution in [2.75, 3.05) is 26.8 Å². The number of amides is 1. The minimum Gasteiger partial charge on any atom is -0.383 e. The monoisotopic (exact) mass is 293 g/mol. The van der Waals surface area contributed by atoms with Crippen molar-refractivity contribution < 1.29 is 14.5 Å². The molecule has 0 aromatic heterocycles. The fraction of sp³-hybridized carbons (Fsp3) is 0.500. The predicted molar refractivity (Wildman–Crippen MR) is 77.3 cm³/mol. The molecule has 114 valence electrons. The standard InChI is InChI=1S/C14H19N3O4/c1-21-10-14(6-3-7-16-14)9-15-13(18)11-4-2-5-12(8-11)17(19)20/h2,4-5,8,16H,3,6-7,9-10H2,1H3,(H,15,18). The Morgan fingerprint density at radius 2 is 2.38 bits per heavy atom. The molecule has 1 unspecified atom stereocenters. The molecule has 1 atom stereocenters. The third-order valence-electron chi connectivity index (χ3n) is 3.66. The lowest BCUT2D eigenvalue weighted by Gasteiger charge is -2.28. The molecule has 1 aliphatic heterocycles. The average molecular weight is 293 g/mol. The second kappa shape index (κ2) is 6.64. The molecule has 1 saturated heterocycles. The Morgan fingerprint density at radius 1 is 1.57 bits per heavy atom. The highest BCUT2D eigenvalue weighted by atomic mass is 16.6. The van der Waals surface area contributed by atoms with Crippen LogP contribution in [-0.4, -0.2) is 43.2 Å². The van der Waals surface area contributed by atoms with Gasteiger partial charge in [0.1, 0.15) is 0 Å². The van der Waals surface area contributed by atoms with Crippen LogP contribution in [0.2, 0.25) is 0 Å². The van der Waals surface area contributed by atoms with Crippen molar-refractivity contribution >= 4 is 11.6 Å². The van der Waals surface area contributed by atoms with Gasteiger partial charge in [-0.05, 0) is 25.5 Å². The van der Waals surface area contributed by atoms with Crippen LogP contribution in [0.25, 0.3) is 0 Å². The second-order valence-corrected chi connectivity index (χ2v) is 5.23. The average Bonchev–Trinajstić information content (AvgIpc) is 2.94. The zero-order valence-corrected chi connectivity index (χ0v) is 11.9. The van der Waals surface area contributed by atoms with E-state index < -0.39 is 4.92 Å². The summed E-state index contributed by atoms with van der Waals surface area (Å²) in [5.74, 6) is -0.317. The van der Waals surface area contributed by atoms with Crippen molar-refractivity contribution in [3.05, 3.63) is 39.9 Å². The fourth-order valence-corrected chi connectivity index (χ4v) is 2.58. The number of rotatable bonds is 6. The van der Waals surface area contributed by atoms with Crippen LogP contribution >= 0.6 is 0 Å². The number of nitrogens with zero attached hydrogens (tertiary/aromatic N) is 1. The van der Waals surface area contributed by atoms with E-state index in [4.69, 9.17) is 4.74 Å². The van der Waals surface area contributed by atoms with Crippen LogP contribution in [0.4, 0.5) is 5.69 Å². The third kappa shape index (κ3) is 3.77. The van der Waals surface area contributed by atoms with Gasteiger partial charge < -0.3 is 15.4 Å². The van der Waals surface area contributed by atoms with E-state index in [9.17, 15) is 14.9 Å². The van der Waals surface area contributed by atoms with Gasteiger partial charge in [0, 0.05) is 31.4 Å². The van der Waals surface area contributed by atoms with Crippen molar-refractivity contribution in [3.63, 3.8) is 0 Å². The molecule has 7 heteroatoms. The number of hydrogen-bond donors (Lipinski definition) is 2. The first-order valence-electron chi connectivity index (χ1n) is 6.83. The molecule has 0 saturated carbocycles. The quantitative estimate of drug-likeness (QED) is 0.605. The number of ether oxygens (including phenoxy) is 1. The Morgan fingerprint density at radius 3 is 3.00 bits per heavy atom. The van der Waals surface area contributed by atoms with Gasteiger partial charge in [0.2, 0.25) is 0 Å². The third-order valence-corrected chi connectivity index (χ3v) is 3.66. The summed E-state index contributed by atoms with van der Waals surface area (Å²) in [5.41, 5.74) is -0.0477. The molecule has 1 aromatic carbocycles. The van der Waals surface area contributed by atoms with Gasteiger partial charge in [0.25, 0.3) is 11.6 Å². The summed E-state index contributed by atoms with van der Waals surface area (Å²) >= 11 is 0. The van der Waals surface area contributed by atoms with Gasteiger partial charge >= 0.3 is 0 Å². The fourth-order valence-electron chi connectivity index (χ4n) is 2.58. The maximum atomic E-state index is 12.1. The number of benzene rings is 1. The van der Waals surface area contributed by atoms with Gasteiger partial charge in [0.15, 0.2) is 0 Å². The lowest BCUT2D eigenvalue weighted by molar-refractivity contribution is -0.384. The first-order chi connectivity index (χ1) is 10.1. The SMILES string of the molecule is COCC1(CNC(=O)c2cccc([N+](=O)[O-])c2)CCCN1. The number of hydrogen-bond acceptors (Lipinski definition) is 5. The van der Waals surface area contributed by atoms with E-state index in [1.165, 1.54) is 18.2 Å². The molecular weight excluding hydrogens is 274 g/mol. The highest BCUT2D eigenvalue weighted by Crippen LogP contribution is 2.19. The highest BCUT2D eigenvalue weighted by molar-refractivity contribution is 5.94.